The number of carboxylic acids is 1. The third-order valence-electron chi connectivity index (χ3n) is 1.89. The minimum atomic E-state index is -0.714. The molecule has 0 saturated heterocycles. The molecule has 0 fully saturated rings. The minimum absolute atomic E-state index is 0.262. The average Bonchev–Trinajstić information content (AvgIpc) is 1.98. The lowest BCUT2D eigenvalue weighted by Gasteiger charge is -2.15. The van der Waals surface area contributed by atoms with E-state index in [1.165, 1.54) is 0 Å². The molecule has 3 heteroatoms. The lowest BCUT2D eigenvalue weighted by atomic mass is 10.00. The molecule has 0 aromatic rings. The predicted octanol–water partition coefficient (Wildman–Crippen LogP) is 2.20. The molecule has 66 valence electrons. The average molecular weight is 176 g/mol. The number of aliphatic carboxylic acids is 1. The van der Waals surface area contributed by atoms with Crippen molar-refractivity contribution in [2.75, 3.05) is 0 Å². The number of carboxylic acid groups (broad SMARTS) is 1. The first kappa shape index (κ1) is 10.8. The van der Waals surface area contributed by atoms with Gasteiger partial charge in [0.2, 0.25) is 0 Å². The maximum atomic E-state index is 10.2. The van der Waals surface area contributed by atoms with Crippen molar-refractivity contribution in [1.82, 2.24) is 0 Å². The van der Waals surface area contributed by atoms with E-state index < -0.39 is 5.97 Å². The zero-order valence-electron chi connectivity index (χ0n) is 7.08. The van der Waals surface area contributed by atoms with E-state index in [1.54, 1.807) is 0 Å². The SMILES string of the molecule is CCC(S)C(C)CCC(=O)O. The van der Waals surface area contributed by atoms with E-state index in [2.05, 4.69) is 19.6 Å². The van der Waals surface area contributed by atoms with Gasteiger partial charge in [0, 0.05) is 11.7 Å². The van der Waals surface area contributed by atoms with Gasteiger partial charge in [-0.3, -0.25) is 4.79 Å². The molecule has 11 heavy (non-hydrogen) atoms. The van der Waals surface area contributed by atoms with Crippen LogP contribution in [0, 0.1) is 5.92 Å². The molecule has 0 aromatic carbocycles. The lowest BCUT2D eigenvalue weighted by molar-refractivity contribution is -0.137. The van der Waals surface area contributed by atoms with Crippen LogP contribution in [0.1, 0.15) is 33.1 Å². The topological polar surface area (TPSA) is 37.3 Å². The van der Waals surface area contributed by atoms with Crippen LogP contribution in [0.25, 0.3) is 0 Å². The molecule has 2 atom stereocenters. The van der Waals surface area contributed by atoms with Crippen molar-refractivity contribution in [1.29, 1.82) is 0 Å². The molecule has 1 N–H and O–H groups in total. The fraction of sp³-hybridized carbons (Fsp3) is 0.875. The Morgan fingerprint density at radius 1 is 1.64 bits per heavy atom. The summed E-state index contributed by atoms with van der Waals surface area (Å²) in [6, 6.07) is 0. The van der Waals surface area contributed by atoms with Crippen LogP contribution in [0.3, 0.4) is 0 Å². The molecule has 0 spiro atoms. The molecule has 0 aliphatic rings. The van der Waals surface area contributed by atoms with Crippen molar-refractivity contribution >= 4 is 18.6 Å². The van der Waals surface area contributed by atoms with Gasteiger partial charge >= 0.3 is 5.97 Å². The molecular formula is C8H16O2S. The van der Waals surface area contributed by atoms with E-state index >= 15 is 0 Å². The Hall–Kier alpha value is -0.180. The molecule has 0 saturated carbocycles. The third kappa shape index (κ3) is 5.13. The molecule has 0 bridgehead atoms. The molecule has 0 amide bonds. The summed E-state index contributed by atoms with van der Waals surface area (Å²) in [4.78, 5) is 10.2. The predicted molar refractivity (Wildman–Crippen MR) is 49.1 cm³/mol. The van der Waals surface area contributed by atoms with Crippen molar-refractivity contribution in [3.05, 3.63) is 0 Å². The molecule has 0 aliphatic heterocycles. The summed E-state index contributed by atoms with van der Waals surface area (Å²) in [6.45, 7) is 4.11. The van der Waals surface area contributed by atoms with Crippen LogP contribution in [0.4, 0.5) is 0 Å². The smallest absolute Gasteiger partial charge is 0.303 e. The van der Waals surface area contributed by atoms with Gasteiger partial charge in [0.25, 0.3) is 0 Å². The first-order valence-corrected chi connectivity index (χ1v) is 4.49. The van der Waals surface area contributed by atoms with Crippen molar-refractivity contribution in [3.8, 4) is 0 Å². The van der Waals surface area contributed by atoms with Gasteiger partial charge in [-0.05, 0) is 18.8 Å². The van der Waals surface area contributed by atoms with Crippen LogP contribution in [0.15, 0.2) is 0 Å². The fourth-order valence-electron chi connectivity index (χ4n) is 0.946. The van der Waals surface area contributed by atoms with E-state index in [-0.39, 0.29) is 6.42 Å². The van der Waals surface area contributed by atoms with Gasteiger partial charge in [-0.25, -0.2) is 0 Å². The number of thiol groups is 1. The Morgan fingerprint density at radius 3 is 2.55 bits per heavy atom. The van der Waals surface area contributed by atoms with Crippen LogP contribution in [0.2, 0.25) is 0 Å². The Kier molecular flexibility index (Phi) is 5.38. The second kappa shape index (κ2) is 5.47. The van der Waals surface area contributed by atoms with E-state index in [0.29, 0.717) is 11.2 Å². The van der Waals surface area contributed by atoms with Crippen LogP contribution in [-0.2, 0) is 4.79 Å². The number of rotatable bonds is 5. The van der Waals surface area contributed by atoms with Gasteiger partial charge in [0.15, 0.2) is 0 Å². The zero-order valence-corrected chi connectivity index (χ0v) is 7.97. The van der Waals surface area contributed by atoms with E-state index in [9.17, 15) is 4.79 Å². The summed E-state index contributed by atoms with van der Waals surface area (Å²) in [7, 11) is 0. The maximum Gasteiger partial charge on any atom is 0.303 e. The van der Waals surface area contributed by atoms with Crippen molar-refractivity contribution < 1.29 is 9.90 Å². The van der Waals surface area contributed by atoms with Crippen LogP contribution < -0.4 is 0 Å². The number of hydrogen-bond donors (Lipinski definition) is 2. The molecule has 2 nitrogen and oxygen atoms in total. The summed E-state index contributed by atoms with van der Waals surface area (Å²) in [6.07, 6.45) is 2.00. The van der Waals surface area contributed by atoms with E-state index in [0.717, 1.165) is 12.8 Å². The monoisotopic (exact) mass is 176 g/mol. The van der Waals surface area contributed by atoms with Gasteiger partial charge in [-0.15, -0.1) is 0 Å². The highest BCUT2D eigenvalue weighted by Crippen LogP contribution is 2.18. The van der Waals surface area contributed by atoms with Crippen LogP contribution >= 0.6 is 12.6 Å². The summed E-state index contributed by atoms with van der Waals surface area (Å²) in [5.74, 6) is -0.312. The molecule has 0 aliphatic carbocycles. The quantitative estimate of drug-likeness (QED) is 0.630. The lowest BCUT2D eigenvalue weighted by Crippen LogP contribution is -2.11. The van der Waals surface area contributed by atoms with Gasteiger partial charge in [-0.1, -0.05) is 13.8 Å². The highest BCUT2D eigenvalue weighted by Gasteiger charge is 2.11. The normalized spacial score (nSPS) is 15.9. The molecule has 0 radical (unpaired) electrons. The summed E-state index contributed by atoms with van der Waals surface area (Å²) in [5, 5.41) is 8.73. The largest absolute Gasteiger partial charge is 0.481 e. The van der Waals surface area contributed by atoms with Gasteiger partial charge in [0.1, 0.15) is 0 Å². The molecule has 0 rings (SSSR count). The third-order valence-corrected chi connectivity index (χ3v) is 2.76. The number of hydrogen-bond acceptors (Lipinski definition) is 2. The molecule has 0 aromatic heterocycles. The van der Waals surface area contributed by atoms with Crippen molar-refractivity contribution in [2.24, 2.45) is 5.92 Å². The second-order valence-corrected chi connectivity index (χ2v) is 3.55. The zero-order chi connectivity index (χ0) is 8.85. The summed E-state index contributed by atoms with van der Waals surface area (Å²) < 4.78 is 0. The van der Waals surface area contributed by atoms with Crippen molar-refractivity contribution in [3.63, 3.8) is 0 Å². The van der Waals surface area contributed by atoms with E-state index in [4.69, 9.17) is 5.11 Å². The van der Waals surface area contributed by atoms with Gasteiger partial charge in [-0.2, -0.15) is 12.6 Å². The standard InChI is InChI=1S/C8H16O2S/c1-3-7(11)6(2)4-5-8(9)10/h6-7,11H,3-5H2,1-2H3,(H,9,10). The highest BCUT2D eigenvalue weighted by atomic mass is 32.1. The second-order valence-electron chi connectivity index (χ2n) is 2.89. The van der Waals surface area contributed by atoms with Crippen LogP contribution in [0.5, 0.6) is 0 Å². The summed E-state index contributed by atoms with van der Waals surface area (Å²) in [5.41, 5.74) is 0. The molecule has 0 heterocycles. The maximum absolute atomic E-state index is 10.2. The fourth-order valence-corrected chi connectivity index (χ4v) is 1.09. The van der Waals surface area contributed by atoms with Crippen LogP contribution in [-0.4, -0.2) is 16.3 Å². The Morgan fingerprint density at radius 2 is 2.18 bits per heavy atom. The minimum Gasteiger partial charge on any atom is -0.481 e. The molecular weight excluding hydrogens is 160 g/mol. The molecule has 2 unspecified atom stereocenters. The van der Waals surface area contributed by atoms with E-state index in [1.807, 2.05) is 6.92 Å². The van der Waals surface area contributed by atoms with Crippen molar-refractivity contribution in [2.45, 2.75) is 38.4 Å². The summed E-state index contributed by atoms with van der Waals surface area (Å²) >= 11 is 4.33. The highest BCUT2D eigenvalue weighted by molar-refractivity contribution is 7.81. The Balaban J connectivity index is 3.51. The first-order chi connectivity index (χ1) is 5.07. The number of carbonyl (C=O) groups is 1. The van der Waals surface area contributed by atoms with Gasteiger partial charge < -0.3 is 5.11 Å². The Labute approximate surface area is 73.4 Å². The first-order valence-electron chi connectivity index (χ1n) is 3.97. The Bertz CT molecular complexity index is 125. The van der Waals surface area contributed by atoms with Gasteiger partial charge in [0.05, 0.1) is 0 Å².